The van der Waals surface area contributed by atoms with Gasteiger partial charge in [-0.25, -0.2) is 0 Å². The number of amides is 1. The van der Waals surface area contributed by atoms with Gasteiger partial charge in [-0.1, -0.05) is 25.8 Å². The zero-order valence-corrected chi connectivity index (χ0v) is 13.6. The summed E-state index contributed by atoms with van der Waals surface area (Å²) in [6.07, 6.45) is 3.18. The lowest BCUT2D eigenvalue weighted by Gasteiger charge is -2.26. The smallest absolute Gasteiger partial charge is 0.231 e. The molecule has 0 aliphatic heterocycles. The third kappa shape index (κ3) is 5.13. The Labute approximate surface area is 126 Å². The van der Waals surface area contributed by atoms with Crippen molar-refractivity contribution in [3.05, 3.63) is 22.4 Å². The number of nitrogens with one attached hydrogen (secondary N) is 1. The molecule has 1 amide bonds. The van der Waals surface area contributed by atoms with E-state index in [9.17, 15) is 4.79 Å². The molecular formula is C14H25ClN2OS. The number of hydrogen-bond donors (Lipinski definition) is 2. The summed E-state index contributed by atoms with van der Waals surface area (Å²) in [5.41, 5.74) is 5.23. The topological polar surface area (TPSA) is 55.1 Å². The predicted octanol–water partition coefficient (Wildman–Crippen LogP) is 3.08. The lowest BCUT2D eigenvalue weighted by Crippen LogP contribution is -2.47. The summed E-state index contributed by atoms with van der Waals surface area (Å²) in [5, 5.41) is 5.07. The fourth-order valence-corrected chi connectivity index (χ4v) is 2.66. The van der Waals surface area contributed by atoms with Crippen molar-refractivity contribution < 1.29 is 4.79 Å². The lowest BCUT2D eigenvalue weighted by atomic mass is 9.90. The maximum absolute atomic E-state index is 12.3. The minimum Gasteiger partial charge on any atom is -0.351 e. The number of rotatable bonds is 7. The SMILES string of the molecule is CCCCC(CN)NC(=O)C(C)(C)c1cccs1.Cl. The maximum Gasteiger partial charge on any atom is 0.231 e. The Bertz CT molecular complexity index is 366. The van der Waals surface area contributed by atoms with E-state index in [1.54, 1.807) is 11.3 Å². The van der Waals surface area contributed by atoms with Crippen molar-refractivity contribution in [3.63, 3.8) is 0 Å². The van der Waals surface area contributed by atoms with Gasteiger partial charge in [0.25, 0.3) is 0 Å². The van der Waals surface area contributed by atoms with E-state index in [1.165, 1.54) is 0 Å². The molecule has 0 aliphatic carbocycles. The Morgan fingerprint density at radius 2 is 2.21 bits per heavy atom. The van der Waals surface area contributed by atoms with Crippen LogP contribution < -0.4 is 11.1 Å². The van der Waals surface area contributed by atoms with Gasteiger partial charge in [0.15, 0.2) is 0 Å². The minimum atomic E-state index is -0.478. The molecule has 0 aromatic carbocycles. The minimum absolute atomic E-state index is 0. The number of carbonyl (C=O) groups is 1. The number of nitrogens with two attached hydrogens (primary N) is 1. The Morgan fingerprint density at radius 3 is 2.68 bits per heavy atom. The summed E-state index contributed by atoms with van der Waals surface area (Å²) in [6, 6.07) is 4.08. The normalized spacial score (nSPS) is 12.6. The van der Waals surface area contributed by atoms with Crippen molar-refractivity contribution in [2.75, 3.05) is 6.54 Å². The molecule has 0 saturated carbocycles. The molecule has 0 aliphatic rings. The second-order valence-corrected chi connectivity index (χ2v) is 6.10. The number of halogens is 1. The fourth-order valence-electron chi connectivity index (χ4n) is 1.81. The molecule has 5 heteroatoms. The molecule has 1 heterocycles. The average molecular weight is 305 g/mol. The Kier molecular flexibility index (Phi) is 8.30. The molecule has 1 unspecified atom stereocenters. The van der Waals surface area contributed by atoms with E-state index in [-0.39, 0.29) is 24.4 Å². The first kappa shape index (κ1) is 18.4. The highest BCUT2D eigenvalue weighted by atomic mass is 35.5. The van der Waals surface area contributed by atoms with Crippen LogP contribution in [-0.2, 0) is 10.2 Å². The predicted molar refractivity (Wildman–Crippen MR) is 85.1 cm³/mol. The van der Waals surface area contributed by atoms with Crippen LogP contribution in [0.3, 0.4) is 0 Å². The lowest BCUT2D eigenvalue weighted by molar-refractivity contribution is -0.126. The highest BCUT2D eigenvalue weighted by molar-refractivity contribution is 7.10. The molecule has 0 radical (unpaired) electrons. The monoisotopic (exact) mass is 304 g/mol. The molecule has 0 bridgehead atoms. The molecule has 3 N–H and O–H groups in total. The summed E-state index contributed by atoms with van der Waals surface area (Å²) < 4.78 is 0. The molecule has 1 aromatic rings. The summed E-state index contributed by atoms with van der Waals surface area (Å²) in [6.45, 7) is 6.57. The van der Waals surface area contributed by atoms with Crippen LogP contribution in [-0.4, -0.2) is 18.5 Å². The Balaban J connectivity index is 0.00000324. The first-order chi connectivity index (χ1) is 8.52. The van der Waals surface area contributed by atoms with Gasteiger partial charge in [-0.2, -0.15) is 0 Å². The van der Waals surface area contributed by atoms with Crippen LogP contribution in [0.5, 0.6) is 0 Å². The van der Waals surface area contributed by atoms with Crippen molar-refractivity contribution >= 4 is 29.7 Å². The van der Waals surface area contributed by atoms with Gasteiger partial charge in [-0.3, -0.25) is 4.79 Å². The van der Waals surface area contributed by atoms with E-state index in [2.05, 4.69) is 12.2 Å². The maximum atomic E-state index is 12.3. The van der Waals surface area contributed by atoms with E-state index in [1.807, 2.05) is 31.4 Å². The highest BCUT2D eigenvalue weighted by Crippen LogP contribution is 2.27. The highest BCUT2D eigenvalue weighted by Gasteiger charge is 2.31. The number of carbonyl (C=O) groups excluding carboxylic acids is 1. The molecule has 0 spiro atoms. The Hall–Kier alpha value is -0.580. The molecular weight excluding hydrogens is 280 g/mol. The quantitative estimate of drug-likeness (QED) is 0.813. The van der Waals surface area contributed by atoms with Gasteiger partial charge in [0.05, 0.1) is 5.41 Å². The van der Waals surface area contributed by atoms with Gasteiger partial charge < -0.3 is 11.1 Å². The van der Waals surface area contributed by atoms with Crippen LogP contribution >= 0.6 is 23.7 Å². The molecule has 0 saturated heterocycles. The van der Waals surface area contributed by atoms with Crippen molar-refractivity contribution in [2.45, 2.75) is 51.5 Å². The summed E-state index contributed by atoms with van der Waals surface area (Å²) in [5.74, 6) is 0.0662. The zero-order chi connectivity index (χ0) is 13.6. The molecule has 1 atom stereocenters. The van der Waals surface area contributed by atoms with Crippen LogP contribution in [0.25, 0.3) is 0 Å². The van der Waals surface area contributed by atoms with E-state index >= 15 is 0 Å². The first-order valence-corrected chi connectivity index (χ1v) is 7.45. The zero-order valence-electron chi connectivity index (χ0n) is 11.9. The van der Waals surface area contributed by atoms with E-state index in [4.69, 9.17) is 5.73 Å². The van der Waals surface area contributed by atoms with Crippen LogP contribution in [0.15, 0.2) is 17.5 Å². The molecule has 3 nitrogen and oxygen atoms in total. The second kappa shape index (κ2) is 8.56. The van der Waals surface area contributed by atoms with Crippen LogP contribution in [0.2, 0.25) is 0 Å². The summed E-state index contributed by atoms with van der Waals surface area (Å²) in [4.78, 5) is 13.4. The molecule has 1 rings (SSSR count). The van der Waals surface area contributed by atoms with Gasteiger partial charge in [0, 0.05) is 17.5 Å². The molecule has 0 fully saturated rings. The number of thiophene rings is 1. The summed E-state index contributed by atoms with van der Waals surface area (Å²) >= 11 is 1.62. The van der Waals surface area contributed by atoms with Crippen LogP contribution in [0.1, 0.15) is 44.9 Å². The van der Waals surface area contributed by atoms with Gasteiger partial charge in [-0.05, 0) is 31.7 Å². The van der Waals surface area contributed by atoms with E-state index in [0.717, 1.165) is 24.1 Å². The van der Waals surface area contributed by atoms with Crippen molar-refractivity contribution in [2.24, 2.45) is 5.73 Å². The van der Waals surface area contributed by atoms with Crippen molar-refractivity contribution in [1.29, 1.82) is 0 Å². The number of hydrogen-bond acceptors (Lipinski definition) is 3. The van der Waals surface area contributed by atoms with Gasteiger partial charge in [0.1, 0.15) is 0 Å². The van der Waals surface area contributed by atoms with Crippen molar-refractivity contribution in [1.82, 2.24) is 5.32 Å². The largest absolute Gasteiger partial charge is 0.351 e. The third-order valence-corrected chi connectivity index (χ3v) is 4.42. The molecule has 110 valence electrons. The number of unbranched alkanes of at least 4 members (excludes halogenated alkanes) is 1. The van der Waals surface area contributed by atoms with Crippen LogP contribution in [0.4, 0.5) is 0 Å². The first-order valence-electron chi connectivity index (χ1n) is 6.57. The molecule has 19 heavy (non-hydrogen) atoms. The summed E-state index contributed by atoms with van der Waals surface area (Å²) in [7, 11) is 0. The third-order valence-electron chi connectivity index (χ3n) is 3.23. The van der Waals surface area contributed by atoms with Gasteiger partial charge in [-0.15, -0.1) is 23.7 Å². The van der Waals surface area contributed by atoms with E-state index in [0.29, 0.717) is 6.54 Å². The average Bonchev–Trinajstić information content (AvgIpc) is 2.88. The Morgan fingerprint density at radius 1 is 1.53 bits per heavy atom. The van der Waals surface area contributed by atoms with E-state index < -0.39 is 5.41 Å². The van der Waals surface area contributed by atoms with Gasteiger partial charge >= 0.3 is 0 Å². The van der Waals surface area contributed by atoms with Crippen LogP contribution in [0, 0.1) is 0 Å². The van der Waals surface area contributed by atoms with Gasteiger partial charge in [0.2, 0.25) is 5.91 Å². The molecule has 1 aromatic heterocycles. The second-order valence-electron chi connectivity index (χ2n) is 5.15. The standard InChI is InChI=1S/C14H24N2OS.ClH/c1-4-5-7-11(10-15)16-13(17)14(2,3)12-8-6-9-18-12;/h6,8-9,11H,4-5,7,10,15H2,1-3H3,(H,16,17);1H. The van der Waals surface area contributed by atoms with Crippen molar-refractivity contribution in [3.8, 4) is 0 Å². The fraction of sp³-hybridized carbons (Fsp3) is 0.643.